The molecular formula is C22H30N2O4. The van der Waals surface area contributed by atoms with Gasteiger partial charge in [-0.1, -0.05) is 36.4 Å². The van der Waals surface area contributed by atoms with Gasteiger partial charge in [-0.25, -0.2) is 5.06 Å². The lowest BCUT2D eigenvalue weighted by molar-refractivity contribution is -0.218. The highest BCUT2D eigenvalue weighted by molar-refractivity contribution is 5.88. The first kappa shape index (κ1) is 20.6. The topological polar surface area (TPSA) is 59.1 Å². The molecule has 1 aromatic carbocycles. The molecule has 2 aliphatic heterocycles. The molecule has 0 radical (unpaired) electrons. The van der Waals surface area contributed by atoms with Crippen LogP contribution in [0, 0.1) is 5.92 Å². The number of hydroxylamine groups is 2. The Morgan fingerprint density at radius 2 is 2.00 bits per heavy atom. The van der Waals surface area contributed by atoms with E-state index in [-0.39, 0.29) is 24.9 Å². The van der Waals surface area contributed by atoms with Crippen LogP contribution in [0.3, 0.4) is 0 Å². The van der Waals surface area contributed by atoms with E-state index in [0.29, 0.717) is 12.8 Å². The van der Waals surface area contributed by atoms with Crippen molar-refractivity contribution in [3.05, 3.63) is 48.6 Å². The number of amides is 1. The van der Waals surface area contributed by atoms with E-state index >= 15 is 0 Å². The Morgan fingerprint density at radius 3 is 2.64 bits per heavy atom. The first-order chi connectivity index (χ1) is 13.6. The minimum absolute atomic E-state index is 0.144. The maximum atomic E-state index is 12.5. The van der Waals surface area contributed by atoms with Crippen molar-refractivity contribution in [2.75, 3.05) is 33.4 Å². The zero-order valence-corrected chi connectivity index (χ0v) is 16.6. The second-order valence-electron chi connectivity index (χ2n) is 7.59. The van der Waals surface area contributed by atoms with E-state index in [4.69, 9.17) is 9.57 Å². The summed E-state index contributed by atoms with van der Waals surface area (Å²) in [6.45, 7) is 6.59. The van der Waals surface area contributed by atoms with Crippen LogP contribution in [0.25, 0.3) is 0 Å². The van der Waals surface area contributed by atoms with Crippen molar-refractivity contribution in [3.63, 3.8) is 0 Å². The maximum Gasteiger partial charge on any atom is 0.311 e. The molecular weight excluding hydrogens is 356 g/mol. The average Bonchev–Trinajstić information content (AvgIpc) is 2.99. The molecule has 1 atom stereocenters. The molecule has 1 aromatic rings. The zero-order chi connectivity index (χ0) is 20.0. The Kier molecular flexibility index (Phi) is 6.86. The highest BCUT2D eigenvalue weighted by Gasteiger charge is 2.58. The fourth-order valence-corrected chi connectivity index (χ4v) is 4.48. The van der Waals surface area contributed by atoms with E-state index in [9.17, 15) is 9.59 Å². The molecule has 0 saturated carbocycles. The van der Waals surface area contributed by atoms with Gasteiger partial charge >= 0.3 is 5.97 Å². The number of ether oxygens (including phenoxy) is 1. The molecule has 0 aliphatic carbocycles. The Labute approximate surface area is 167 Å². The number of carbonyl (C=O) groups is 2. The van der Waals surface area contributed by atoms with Gasteiger partial charge in [0.15, 0.2) is 0 Å². The summed E-state index contributed by atoms with van der Waals surface area (Å²) in [6.07, 6.45) is 5.33. The second-order valence-corrected chi connectivity index (χ2v) is 7.59. The van der Waals surface area contributed by atoms with E-state index in [2.05, 4.69) is 35.7 Å². The van der Waals surface area contributed by atoms with Crippen molar-refractivity contribution >= 4 is 11.9 Å². The summed E-state index contributed by atoms with van der Waals surface area (Å²) < 4.78 is 5.00. The Morgan fingerprint density at radius 1 is 1.29 bits per heavy atom. The Hall–Kier alpha value is -2.18. The normalized spacial score (nSPS) is 21.8. The molecule has 1 unspecified atom stereocenters. The van der Waals surface area contributed by atoms with Crippen LogP contribution in [0.5, 0.6) is 0 Å². The number of methoxy groups -OCH3 is 1. The van der Waals surface area contributed by atoms with Crippen molar-refractivity contribution in [1.29, 1.82) is 0 Å². The van der Waals surface area contributed by atoms with Gasteiger partial charge in [0.1, 0.15) is 0 Å². The summed E-state index contributed by atoms with van der Waals surface area (Å²) in [7, 11) is 1.38. The SMILES string of the molecule is C=CCON1C(=O)CC(C(=O)OC)C12CCN(CCCc1ccccc1)CC2. The molecule has 1 spiro atoms. The van der Waals surface area contributed by atoms with Gasteiger partial charge in [-0.2, -0.15) is 0 Å². The number of carbonyl (C=O) groups excluding carboxylic acids is 2. The summed E-state index contributed by atoms with van der Waals surface area (Å²) >= 11 is 0. The van der Waals surface area contributed by atoms with Crippen LogP contribution in [0.15, 0.2) is 43.0 Å². The van der Waals surface area contributed by atoms with Crippen molar-refractivity contribution < 1.29 is 19.2 Å². The first-order valence-corrected chi connectivity index (χ1v) is 10.0. The van der Waals surface area contributed by atoms with Crippen molar-refractivity contribution in [2.24, 2.45) is 5.92 Å². The number of hydrogen-bond acceptors (Lipinski definition) is 5. The molecule has 6 heteroatoms. The van der Waals surface area contributed by atoms with Crippen LogP contribution in [0.1, 0.15) is 31.2 Å². The van der Waals surface area contributed by atoms with Gasteiger partial charge in [-0.15, -0.1) is 6.58 Å². The summed E-state index contributed by atoms with van der Waals surface area (Å²) in [5.74, 6) is -0.938. The standard InChI is InChI=1S/C22H30N2O4/c1-3-16-28-24-20(25)17-19(21(26)27-2)22(24)11-14-23(15-12-22)13-7-10-18-8-5-4-6-9-18/h3-6,8-9,19H,1,7,10-17H2,2H3. The van der Waals surface area contributed by atoms with Gasteiger partial charge in [0.2, 0.25) is 5.91 Å². The van der Waals surface area contributed by atoms with Gasteiger partial charge in [-0.3, -0.25) is 14.4 Å². The Bertz CT molecular complexity index is 683. The Balaban J connectivity index is 1.61. The lowest BCUT2D eigenvalue weighted by Crippen LogP contribution is -2.57. The molecule has 1 amide bonds. The number of piperidine rings is 1. The molecule has 0 bridgehead atoms. The fourth-order valence-electron chi connectivity index (χ4n) is 4.48. The van der Waals surface area contributed by atoms with E-state index < -0.39 is 11.5 Å². The van der Waals surface area contributed by atoms with Gasteiger partial charge in [0.05, 0.1) is 25.2 Å². The van der Waals surface area contributed by atoms with Crippen LogP contribution >= 0.6 is 0 Å². The van der Waals surface area contributed by atoms with Crippen LogP contribution in [0.4, 0.5) is 0 Å². The smallest absolute Gasteiger partial charge is 0.311 e. The van der Waals surface area contributed by atoms with Crippen molar-refractivity contribution in [2.45, 2.75) is 37.6 Å². The quantitative estimate of drug-likeness (QED) is 0.508. The maximum absolute atomic E-state index is 12.5. The molecule has 2 saturated heterocycles. The summed E-state index contributed by atoms with van der Waals surface area (Å²) in [5.41, 5.74) is 0.746. The van der Waals surface area contributed by atoms with Crippen molar-refractivity contribution in [1.82, 2.24) is 9.96 Å². The lowest BCUT2D eigenvalue weighted by atomic mass is 9.77. The van der Waals surface area contributed by atoms with E-state index in [1.807, 2.05) is 6.07 Å². The first-order valence-electron chi connectivity index (χ1n) is 10.0. The van der Waals surface area contributed by atoms with E-state index in [1.54, 1.807) is 6.08 Å². The third-order valence-corrected chi connectivity index (χ3v) is 5.97. The van der Waals surface area contributed by atoms with Crippen LogP contribution in [-0.4, -0.2) is 60.7 Å². The second kappa shape index (κ2) is 9.34. The van der Waals surface area contributed by atoms with E-state index in [1.165, 1.54) is 17.7 Å². The van der Waals surface area contributed by atoms with Gasteiger partial charge in [0, 0.05) is 19.5 Å². The average molecular weight is 386 g/mol. The number of aryl methyl sites for hydroxylation is 1. The minimum Gasteiger partial charge on any atom is -0.469 e. The number of nitrogens with zero attached hydrogens (tertiary/aromatic N) is 2. The third-order valence-electron chi connectivity index (χ3n) is 5.97. The number of esters is 1. The molecule has 28 heavy (non-hydrogen) atoms. The number of hydrogen-bond donors (Lipinski definition) is 0. The van der Waals surface area contributed by atoms with Crippen LogP contribution in [-0.2, 0) is 25.6 Å². The monoisotopic (exact) mass is 386 g/mol. The van der Waals surface area contributed by atoms with Crippen molar-refractivity contribution in [3.8, 4) is 0 Å². The van der Waals surface area contributed by atoms with Gasteiger partial charge < -0.3 is 9.64 Å². The predicted octanol–water partition coefficient (Wildman–Crippen LogP) is 2.59. The number of likely N-dealkylation sites (tertiary alicyclic amines) is 1. The van der Waals surface area contributed by atoms with Gasteiger partial charge in [0.25, 0.3) is 0 Å². The molecule has 3 rings (SSSR count). The molecule has 2 aliphatic rings. The molecule has 0 aromatic heterocycles. The minimum atomic E-state index is -0.608. The molecule has 152 valence electrons. The summed E-state index contributed by atoms with van der Waals surface area (Å²) in [5, 5.41) is 1.46. The third kappa shape index (κ3) is 4.28. The van der Waals surface area contributed by atoms with Crippen LogP contribution in [0.2, 0.25) is 0 Å². The zero-order valence-electron chi connectivity index (χ0n) is 16.6. The van der Waals surface area contributed by atoms with Crippen LogP contribution < -0.4 is 0 Å². The largest absolute Gasteiger partial charge is 0.469 e. The highest BCUT2D eigenvalue weighted by Crippen LogP contribution is 2.44. The number of benzene rings is 1. The summed E-state index contributed by atoms with van der Waals surface area (Å²) in [4.78, 5) is 33.0. The molecule has 0 N–H and O–H groups in total. The fraction of sp³-hybridized carbons (Fsp3) is 0.545. The van der Waals surface area contributed by atoms with E-state index in [0.717, 1.165) is 32.5 Å². The summed E-state index contributed by atoms with van der Waals surface area (Å²) in [6, 6.07) is 10.5. The molecule has 2 heterocycles. The molecule has 6 nitrogen and oxygen atoms in total. The number of rotatable bonds is 8. The lowest BCUT2D eigenvalue weighted by Gasteiger charge is -2.45. The van der Waals surface area contributed by atoms with Gasteiger partial charge in [-0.05, 0) is 37.8 Å². The predicted molar refractivity (Wildman–Crippen MR) is 106 cm³/mol. The molecule has 2 fully saturated rings. The highest BCUT2D eigenvalue weighted by atomic mass is 16.7.